The second-order valence-corrected chi connectivity index (χ2v) is 5.49. The van der Waals surface area contributed by atoms with Gasteiger partial charge in [0.2, 0.25) is 5.91 Å². The van der Waals surface area contributed by atoms with Crippen molar-refractivity contribution in [2.75, 3.05) is 16.9 Å². The van der Waals surface area contributed by atoms with Crippen LogP contribution < -0.4 is 9.88 Å². The zero-order valence-electron chi connectivity index (χ0n) is 9.54. The molecule has 100 valence electrons. The van der Waals surface area contributed by atoms with Crippen LogP contribution in [0.3, 0.4) is 0 Å². The first kappa shape index (κ1) is 14.9. The first-order valence-electron chi connectivity index (χ1n) is 5.21. The molecule has 6 nitrogen and oxygen atoms in total. The van der Waals surface area contributed by atoms with Gasteiger partial charge in [-0.15, -0.1) is 11.6 Å². The van der Waals surface area contributed by atoms with Gasteiger partial charge in [-0.1, -0.05) is 0 Å². The smallest absolute Gasteiger partial charge is 0.265 e. The minimum absolute atomic E-state index is 0.127. The molecule has 0 spiro atoms. The van der Waals surface area contributed by atoms with E-state index in [1.807, 2.05) is 0 Å². The molecule has 1 aromatic heterocycles. The minimum Gasteiger partial charge on any atom is -0.320 e. The molecule has 8 heteroatoms. The maximum Gasteiger partial charge on any atom is 0.265 e. The second-order valence-electron chi connectivity index (χ2n) is 3.65. The van der Waals surface area contributed by atoms with Crippen LogP contribution in [0.5, 0.6) is 0 Å². The van der Waals surface area contributed by atoms with Crippen molar-refractivity contribution in [1.29, 1.82) is 0 Å². The fourth-order valence-electron chi connectivity index (χ4n) is 1.36. The van der Waals surface area contributed by atoms with E-state index < -0.39 is 10.1 Å². The number of amides is 1. The van der Waals surface area contributed by atoms with E-state index in [1.165, 1.54) is 0 Å². The normalized spacial score (nSPS) is 11.2. The lowest BCUT2D eigenvalue weighted by atomic mass is 10.4. The van der Waals surface area contributed by atoms with Crippen LogP contribution in [-0.4, -0.2) is 30.5 Å². The topological polar surface area (TPSA) is 87.4 Å². The Morgan fingerprint density at radius 3 is 2.83 bits per heavy atom. The predicted octanol–water partition coefficient (Wildman–Crippen LogP) is 0.429. The molecule has 2 N–H and O–H groups in total. The Labute approximate surface area is 110 Å². The Morgan fingerprint density at radius 2 is 2.22 bits per heavy atom. The number of nitrogens with zero attached hydrogens (tertiary/aromatic N) is 1. The fourth-order valence-corrected chi connectivity index (χ4v) is 1.92. The van der Waals surface area contributed by atoms with Crippen LogP contribution in [0.1, 0.15) is 6.42 Å². The molecule has 1 heterocycles. The van der Waals surface area contributed by atoms with E-state index in [-0.39, 0.29) is 24.0 Å². The van der Waals surface area contributed by atoms with E-state index in [9.17, 15) is 13.2 Å². The maximum absolute atomic E-state index is 11.1. The summed E-state index contributed by atoms with van der Waals surface area (Å²) >= 11 is 5.36. The van der Waals surface area contributed by atoms with Crippen LogP contribution in [0.4, 0.5) is 5.69 Å². The van der Waals surface area contributed by atoms with E-state index in [0.717, 1.165) is 0 Å². The van der Waals surface area contributed by atoms with Crippen LogP contribution in [0.15, 0.2) is 24.5 Å². The van der Waals surface area contributed by atoms with Crippen molar-refractivity contribution >= 4 is 33.3 Å². The highest BCUT2D eigenvalue weighted by molar-refractivity contribution is 7.85. The number of hydrogen-bond acceptors (Lipinski definition) is 3. The number of halogens is 1. The number of aryl methyl sites for hydroxylation is 1. The van der Waals surface area contributed by atoms with Crippen molar-refractivity contribution in [2.24, 2.45) is 0 Å². The Kier molecular flexibility index (Phi) is 5.52. The molecule has 1 rings (SSSR count). The average molecular weight is 294 g/mol. The summed E-state index contributed by atoms with van der Waals surface area (Å²) in [5, 5.41) is 2.58. The lowest BCUT2D eigenvalue weighted by Gasteiger charge is -2.02. The summed E-state index contributed by atoms with van der Waals surface area (Å²) in [6.45, 7) is 0.421. The molecular formula is C10H14ClN2O4S+. The lowest BCUT2D eigenvalue weighted by Crippen LogP contribution is -2.34. The van der Waals surface area contributed by atoms with Crippen molar-refractivity contribution in [3.05, 3.63) is 24.5 Å². The van der Waals surface area contributed by atoms with Gasteiger partial charge in [0.15, 0.2) is 12.4 Å². The highest BCUT2D eigenvalue weighted by atomic mass is 35.5. The highest BCUT2D eigenvalue weighted by Gasteiger charge is 2.09. The second kappa shape index (κ2) is 6.67. The number of pyridine rings is 1. The molecule has 18 heavy (non-hydrogen) atoms. The molecule has 1 amide bonds. The number of rotatable bonds is 6. The van der Waals surface area contributed by atoms with Gasteiger partial charge in [-0.2, -0.15) is 8.42 Å². The van der Waals surface area contributed by atoms with Gasteiger partial charge in [0.25, 0.3) is 10.1 Å². The van der Waals surface area contributed by atoms with Gasteiger partial charge in [-0.3, -0.25) is 9.35 Å². The van der Waals surface area contributed by atoms with Crippen LogP contribution >= 0.6 is 11.6 Å². The van der Waals surface area contributed by atoms with Gasteiger partial charge in [0.05, 0.1) is 5.75 Å². The molecule has 0 saturated heterocycles. The zero-order chi connectivity index (χ0) is 13.6. The SMILES string of the molecule is O=C(CCl)Nc1ccc[n+](CCCS(=O)(=O)O)c1. The molecule has 0 aromatic carbocycles. The summed E-state index contributed by atoms with van der Waals surface area (Å²) in [5.41, 5.74) is 0.579. The van der Waals surface area contributed by atoms with E-state index >= 15 is 0 Å². The van der Waals surface area contributed by atoms with Crippen molar-refractivity contribution in [3.8, 4) is 0 Å². The van der Waals surface area contributed by atoms with Crippen molar-refractivity contribution in [2.45, 2.75) is 13.0 Å². The Hall–Kier alpha value is -1.18. The molecule has 0 atom stereocenters. The molecule has 1 aromatic rings. The van der Waals surface area contributed by atoms with Gasteiger partial charge in [-0.05, 0) is 6.07 Å². The number of hydrogen-bond donors (Lipinski definition) is 2. The molecule has 0 bridgehead atoms. The molecule has 0 aliphatic carbocycles. The Balaban J connectivity index is 2.57. The number of nitrogens with one attached hydrogen (secondary N) is 1. The maximum atomic E-state index is 11.1. The number of carbonyl (C=O) groups excluding carboxylic acids is 1. The molecule has 0 radical (unpaired) electrons. The standard InChI is InChI=1S/C10H13ClN2O4S/c11-7-10(14)12-9-3-1-4-13(8-9)5-2-6-18(15,16)17/h1,3-4,8H,2,5-7H2,(H-,12,14,15,16,17)/p+1. The van der Waals surface area contributed by atoms with Crippen LogP contribution in [0.25, 0.3) is 0 Å². The van der Waals surface area contributed by atoms with Crippen LogP contribution in [-0.2, 0) is 21.5 Å². The molecule has 0 fully saturated rings. The third-order valence-electron chi connectivity index (χ3n) is 2.08. The molecular weight excluding hydrogens is 280 g/mol. The summed E-state index contributed by atoms with van der Waals surface area (Å²) in [7, 11) is -3.93. The number of carbonyl (C=O) groups is 1. The van der Waals surface area contributed by atoms with E-state index in [0.29, 0.717) is 12.2 Å². The monoisotopic (exact) mass is 293 g/mol. The third kappa shape index (κ3) is 5.95. The van der Waals surface area contributed by atoms with Gasteiger partial charge in [-0.25, -0.2) is 4.57 Å². The Bertz CT molecular complexity index is 518. The van der Waals surface area contributed by atoms with E-state index in [2.05, 4.69) is 5.32 Å². The molecule has 0 aliphatic rings. The van der Waals surface area contributed by atoms with Crippen molar-refractivity contribution < 1.29 is 22.3 Å². The van der Waals surface area contributed by atoms with Crippen LogP contribution in [0.2, 0.25) is 0 Å². The number of alkyl halides is 1. The number of aromatic nitrogens is 1. The van der Waals surface area contributed by atoms with Gasteiger partial charge >= 0.3 is 0 Å². The fraction of sp³-hybridized carbons (Fsp3) is 0.400. The van der Waals surface area contributed by atoms with Crippen LogP contribution in [0, 0.1) is 0 Å². The molecule has 0 unspecified atom stereocenters. The largest absolute Gasteiger partial charge is 0.320 e. The zero-order valence-corrected chi connectivity index (χ0v) is 11.1. The summed E-state index contributed by atoms with van der Waals surface area (Å²) in [6.07, 6.45) is 3.69. The summed E-state index contributed by atoms with van der Waals surface area (Å²) in [6, 6.07) is 3.42. The number of anilines is 1. The molecule has 0 saturated carbocycles. The first-order valence-corrected chi connectivity index (χ1v) is 7.35. The van der Waals surface area contributed by atoms with Crippen molar-refractivity contribution in [1.82, 2.24) is 0 Å². The van der Waals surface area contributed by atoms with E-state index in [1.54, 1.807) is 29.1 Å². The minimum atomic E-state index is -3.93. The highest BCUT2D eigenvalue weighted by Crippen LogP contribution is 2.02. The van der Waals surface area contributed by atoms with E-state index in [4.69, 9.17) is 16.2 Å². The summed E-state index contributed by atoms with van der Waals surface area (Å²) < 4.78 is 31.4. The predicted molar refractivity (Wildman–Crippen MR) is 67.0 cm³/mol. The summed E-state index contributed by atoms with van der Waals surface area (Å²) in [5.74, 6) is -0.733. The van der Waals surface area contributed by atoms with Gasteiger partial charge in [0, 0.05) is 12.5 Å². The average Bonchev–Trinajstić information content (AvgIpc) is 2.27. The summed E-state index contributed by atoms with van der Waals surface area (Å²) in [4.78, 5) is 11.1. The quantitative estimate of drug-likeness (QED) is 0.452. The Morgan fingerprint density at radius 1 is 1.50 bits per heavy atom. The van der Waals surface area contributed by atoms with Gasteiger partial charge in [0.1, 0.15) is 18.1 Å². The van der Waals surface area contributed by atoms with Gasteiger partial charge < -0.3 is 5.32 Å². The lowest BCUT2D eigenvalue weighted by molar-refractivity contribution is -0.696. The first-order chi connectivity index (χ1) is 8.40. The third-order valence-corrected chi connectivity index (χ3v) is 3.13. The molecule has 0 aliphatic heterocycles. The van der Waals surface area contributed by atoms with Crippen molar-refractivity contribution in [3.63, 3.8) is 0 Å².